The summed E-state index contributed by atoms with van der Waals surface area (Å²) in [5.74, 6) is -0.0761. The van der Waals surface area contributed by atoms with Gasteiger partial charge < -0.3 is 14.2 Å². The van der Waals surface area contributed by atoms with E-state index in [-0.39, 0.29) is 5.97 Å². The molecule has 5 heteroatoms. The maximum Gasteiger partial charge on any atom is 0.333 e. The minimum absolute atomic E-state index is 0.297. The van der Waals surface area contributed by atoms with Crippen molar-refractivity contribution in [1.82, 2.24) is 0 Å². The molecule has 0 aliphatic rings. The summed E-state index contributed by atoms with van der Waals surface area (Å²) in [6.45, 7) is 5.85. The number of esters is 2. The first-order chi connectivity index (χ1) is 10.5. The van der Waals surface area contributed by atoms with Crippen molar-refractivity contribution in [2.24, 2.45) is 0 Å². The van der Waals surface area contributed by atoms with Crippen LogP contribution in [0.25, 0.3) is 6.08 Å². The van der Waals surface area contributed by atoms with E-state index < -0.39 is 5.97 Å². The predicted octanol–water partition coefficient (Wildman–Crippen LogP) is 2.76. The van der Waals surface area contributed by atoms with Gasteiger partial charge in [-0.3, -0.25) is 0 Å². The lowest BCUT2D eigenvalue weighted by Crippen LogP contribution is -2.09. The van der Waals surface area contributed by atoms with Crippen LogP contribution in [-0.4, -0.2) is 32.3 Å². The molecule has 22 heavy (non-hydrogen) atoms. The van der Waals surface area contributed by atoms with Crippen molar-refractivity contribution in [3.8, 4) is 5.75 Å². The number of carbonyl (C=O) groups excluding carboxylic acids is 2. The van der Waals surface area contributed by atoms with Crippen LogP contribution in [0.4, 0.5) is 0 Å². The fourth-order valence-electron chi connectivity index (χ4n) is 1.44. The van der Waals surface area contributed by atoms with Crippen LogP contribution < -0.4 is 4.74 Å². The largest absolute Gasteiger partial charge is 0.493 e. The summed E-state index contributed by atoms with van der Waals surface area (Å²) in [6, 6.07) is 7.26. The van der Waals surface area contributed by atoms with Crippen LogP contribution in [0, 0.1) is 0 Å². The number of hydrogen-bond donors (Lipinski definition) is 0. The molecule has 0 aliphatic heterocycles. The van der Waals surface area contributed by atoms with Crippen molar-refractivity contribution in [2.45, 2.75) is 13.3 Å². The zero-order valence-electron chi connectivity index (χ0n) is 12.8. The number of rotatable bonds is 8. The first-order valence-electron chi connectivity index (χ1n) is 6.84. The van der Waals surface area contributed by atoms with Gasteiger partial charge in [0.25, 0.3) is 0 Å². The summed E-state index contributed by atoms with van der Waals surface area (Å²) >= 11 is 0. The van der Waals surface area contributed by atoms with E-state index in [1.807, 2.05) is 12.1 Å². The Morgan fingerprint density at radius 3 is 2.45 bits per heavy atom. The topological polar surface area (TPSA) is 61.8 Å². The Bertz CT molecular complexity index is 543. The Morgan fingerprint density at radius 2 is 1.86 bits per heavy atom. The summed E-state index contributed by atoms with van der Waals surface area (Å²) in [7, 11) is 1.33. The molecule has 0 saturated carbocycles. The molecule has 1 rings (SSSR count). The van der Waals surface area contributed by atoms with Gasteiger partial charge >= 0.3 is 11.9 Å². The normalized spacial score (nSPS) is 10.3. The standard InChI is InChI=1S/C17H20O5/c1-13(2)17(19)22-12-4-11-21-15-8-5-14(6-9-15)7-10-16(18)20-3/h5-10H,1,4,11-12H2,2-3H3/b10-7+. The van der Waals surface area contributed by atoms with E-state index in [0.717, 1.165) is 5.56 Å². The Hall–Kier alpha value is -2.56. The molecule has 0 fully saturated rings. The van der Waals surface area contributed by atoms with E-state index in [0.29, 0.717) is 31.0 Å². The fraction of sp³-hybridized carbons (Fsp3) is 0.294. The number of methoxy groups -OCH3 is 1. The SMILES string of the molecule is C=C(C)C(=O)OCCCOc1ccc(/C=C/C(=O)OC)cc1. The van der Waals surface area contributed by atoms with Crippen molar-refractivity contribution < 1.29 is 23.8 Å². The molecule has 0 bridgehead atoms. The van der Waals surface area contributed by atoms with Gasteiger partial charge in [-0.2, -0.15) is 0 Å². The minimum atomic E-state index is -0.398. The summed E-state index contributed by atoms with van der Waals surface area (Å²) in [5, 5.41) is 0. The lowest BCUT2D eigenvalue weighted by atomic mass is 10.2. The van der Waals surface area contributed by atoms with Gasteiger partial charge in [0.1, 0.15) is 5.75 Å². The number of ether oxygens (including phenoxy) is 3. The molecule has 0 heterocycles. The number of hydrogen-bond acceptors (Lipinski definition) is 5. The molecule has 0 radical (unpaired) electrons. The molecule has 1 aromatic carbocycles. The van der Waals surface area contributed by atoms with Crippen molar-refractivity contribution >= 4 is 18.0 Å². The maximum atomic E-state index is 11.1. The van der Waals surface area contributed by atoms with Gasteiger partial charge in [0.15, 0.2) is 0 Å². The number of carbonyl (C=O) groups is 2. The van der Waals surface area contributed by atoms with Crippen molar-refractivity contribution in [3.05, 3.63) is 48.1 Å². The van der Waals surface area contributed by atoms with Crippen LogP contribution in [0.15, 0.2) is 42.5 Å². The van der Waals surface area contributed by atoms with E-state index >= 15 is 0 Å². The van der Waals surface area contributed by atoms with Crippen LogP contribution in [0.5, 0.6) is 5.75 Å². The average Bonchev–Trinajstić information content (AvgIpc) is 2.53. The zero-order valence-corrected chi connectivity index (χ0v) is 12.8. The molecule has 0 unspecified atom stereocenters. The van der Waals surface area contributed by atoms with Crippen molar-refractivity contribution in [2.75, 3.05) is 20.3 Å². The zero-order chi connectivity index (χ0) is 16.4. The molecule has 5 nitrogen and oxygen atoms in total. The quantitative estimate of drug-likeness (QED) is 0.420. The van der Waals surface area contributed by atoms with Crippen molar-refractivity contribution in [3.63, 3.8) is 0 Å². The first kappa shape index (κ1) is 17.5. The van der Waals surface area contributed by atoms with E-state index in [1.54, 1.807) is 25.1 Å². The molecule has 118 valence electrons. The van der Waals surface area contributed by atoms with Gasteiger partial charge in [-0.25, -0.2) is 9.59 Å². The van der Waals surface area contributed by atoms with Gasteiger partial charge in [0, 0.05) is 18.1 Å². The molecule has 0 N–H and O–H groups in total. The van der Waals surface area contributed by atoms with Crippen LogP contribution in [0.2, 0.25) is 0 Å². The molecule has 0 aromatic heterocycles. The molecular formula is C17H20O5. The van der Waals surface area contributed by atoms with Gasteiger partial charge in [-0.1, -0.05) is 18.7 Å². The Balaban J connectivity index is 2.30. The summed E-state index contributed by atoms with van der Waals surface area (Å²) in [6.07, 6.45) is 3.61. The van der Waals surface area contributed by atoms with Crippen LogP contribution in [0.1, 0.15) is 18.9 Å². The fourth-order valence-corrected chi connectivity index (χ4v) is 1.44. The molecule has 0 spiro atoms. The predicted molar refractivity (Wildman–Crippen MR) is 83.4 cm³/mol. The van der Waals surface area contributed by atoms with Crippen molar-refractivity contribution in [1.29, 1.82) is 0 Å². The molecule has 0 atom stereocenters. The second-order valence-corrected chi connectivity index (χ2v) is 4.54. The smallest absolute Gasteiger partial charge is 0.333 e. The van der Waals surface area contributed by atoms with E-state index in [2.05, 4.69) is 11.3 Å². The highest BCUT2D eigenvalue weighted by Crippen LogP contribution is 2.13. The first-order valence-corrected chi connectivity index (χ1v) is 6.84. The molecule has 0 aliphatic carbocycles. The van der Waals surface area contributed by atoms with Crippen LogP contribution in [-0.2, 0) is 19.1 Å². The Labute approximate surface area is 130 Å². The summed E-state index contributed by atoms with van der Waals surface area (Å²) < 4.78 is 15.0. The average molecular weight is 304 g/mol. The Kier molecular flexibility index (Phi) is 7.47. The summed E-state index contributed by atoms with van der Waals surface area (Å²) in [4.78, 5) is 22.1. The van der Waals surface area contributed by atoms with Gasteiger partial charge in [0.05, 0.1) is 20.3 Å². The third kappa shape index (κ3) is 6.74. The van der Waals surface area contributed by atoms with E-state index in [4.69, 9.17) is 9.47 Å². The lowest BCUT2D eigenvalue weighted by molar-refractivity contribution is -0.139. The molecular weight excluding hydrogens is 284 g/mol. The lowest BCUT2D eigenvalue weighted by Gasteiger charge is -2.07. The highest BCUT2D eigenvalue weighted by Gasteiger charge is 2.02. The molecule has 0 amide bonds. The van der Waals surface area contributed by atoms with Gasteiger partial charge in [-0.15, -0.1) is 0 Å². The van der Waals surface area contributed by atoms with E-state index in [1.165, 1.54) is 13.2 Å². The molecule has 0 saturated heterocycles. The highest BCUT2D eigenvalue weighted by atomic mass is 16.5. The van der Waals surface area contributed by atoms with Crippen LogP contribution >= 0.6 is 0 Å². The highest BCUT2D eigenvalue weighted by molar-refractivity contribution is 5.87. The van der Waals surface area contributed by atoms with Gasteiger partial charge in [0.2, 0.25) is 0 Å². The monoisotopic (exact) mass is 304 g/mol. The summed E-state index contributed by atoms with van der Waals surface area (Å²) in [5.41, 5.74) is 1.25. The van der Waals surface area contributed by atoms with E-state index in [9.17, 15) is 9.59 Å². The van der Waals surface area contributed by atoms with Gasteiger partial charge in [-0.05, 0) is 30.7 Å². The Morgan fingerprint density at radius 1 is 1.18 bits per heavy atom. The molecule has 1 aromatic rings. The third-order valence-electron chi connectivity index (χ3n) is 2.63. The maximum absolute atomic E-state index is 11.1. The minimum Gasteiger partial charge on any atom is -0.493 e. The third-order valence-corrected chi connectivity index (χ3v) is 2.63. The second kappa shape index (κ2) is 9.39. The second-order valence-electron chi connectivity index (χ2n) is 4.54. The number of benzene rings is 1. The van der Waals surface area contributed by atoms with Crippen LogP contribution in [0.3, 0.4) is 0 Å².